The summed E-state index contributed by atoms with van der Waals surface area (Å²) >= 11 is 0. The van der Waals surface area contributed by atoms with Gasteiger partial charge in [-0.2, -0.15) is 0 Å². The van der Waals surface area contributed by atoms with E-state index < -0.39 is 30.3 Å². The highest BCUT2D eigenvalue weighted by Gasteiger charge is 2.24. The zero-order valence-corrected chi connectivity index (χ0v) is 16.9. The topological polar surface area (TPSA) is 92.3 Å². The van der Waals surface area contributed by atoms with Gasteiger partial charge in [0.25, 0.3) is 5.91 Å². The van der Waals surface area contributed by atoms with Crippen LogP contribution in [0.3, 0.4) is 0 Å². The number of nitrogens with zero attached hydrogens (tertiary/aromatic N) is 1. The Morgan fingerprint density at radius 1 is 1.10 bits per heavy atom. The van der Waals surface area contributed by atoms with E-state index in [1.54, 1.807) is 32.9 Å². The first-order valence-corrected chi connectivity index (χ1v) is 9.37. The summed E-state index contributed by atoms with van der Waals surface area (Å²) in [5, 5.41) is 2.61. The van der Waals surface area contributed by atoms with Crippen LogP contribution in [-0.4, -0.2) is 28.6 Å². The van der Waals surface area contributed by atoms with Gasteiger partial charge in [-0.05, 0) is 45.2 Å². The molecule has 1 aromatic heterocycles. The lowest BCUT2D eigenvalue weighted by Gasteiger charge is -2.23. The van der Waals surface area contributed by atoms with Crippen molar-refractivity contribution in [1.29, 1.82) is 0 Å². The average Bonchev–Trinajstić information content (AvgIpc) is 2.69. The van der Waals surface area contributed by atoms with E-state index in [4.69, 9.17) is 4.74 Å². The summed E-state index contributed by atoms with van der Waals surface area (Å²) < 4.78 is 17.8. The molecule has 1 heterocycles. The third kappa shape index (κ3) is 8.16. The summed E-state index contributed by atoms with van der Waals surface area (Å²) in [5.41, 5.74) is 6.01. The molecule has 0 bridgehead atoms. The summed E-state index contributed by atoms with van der Waals surface area (Å²) in [5.74, 6) is -0.0854. The van der Waals surface area contributed by atoms with Gasteiger partial charge in [0.1, 0.15) is 24.1 Å². The molecular weight excluding hydrogens is 375 g/mol. The van der Waals surface area contributed by atoms with Gasteiger partial charge in [-0.15, -0.1) is 0 Å². The number of carbonyl (C=O) groups excluding carboxylic acids is 2. The van der Waals surface area contributed by atoms with Crippen molar-refractivity contribution in [2.24, 2.45) is 0 Å². The maximum absolute atomic E-state index is 12.6. The molecule has 2 aromatic rings. The number of alkyl carbamates (subject to hydrolysis) is 1. The molecule has 0 saturated heterocycles. The number of benzene rings is 1. The molecule has 0 aliphatic rings. The van der Waals surface area contributed by atoms with Gasteiger partial charge in [0.2, 0.25) is 0 Å². The van der Waals surface area contributed by atoms with Crippen LogP contribution in [0.5, 0.6) is 0 Å². The zero-order valence-electron chi connectivity index (χ0n) is 16.9. The van der Waals surface area contributed by atoms with E-state index in [2.05, 4.69) is 21.2 Å². The summed E-state index contributed by atoms with van der Waals surface area (Å²) in [6.07, 6.45) is 1.68. The molecule has 2 rings (SSSR count). The number of hydrogen-bond donors (Lipinski definition) is 3. The number of hydrogen-bond acceptors (Lipinski definition) is 5. The van der Waals surface area contributed by atoms with E-state index in [0.29, 0.717) is 24.2 Å². The highest BCUT2D eigenvalue weighted by atomic mass is 19.1. The number of aryl methyl sites for hydroxylation is 1. The van der Waals surface area contributed by atoms with Gasteiger partial charge in [0.15, 0.2) is 0 Å². The van der Waals surface area contributed by atoms with Gasteiger partial charge in [0.05, 0.1) is 0 Å². The molecular formula is C21H27FN4O3. The second-order valence-electron chi connectivity index (χ2n) is 7.52. The van der Waals surface area contributed by atoms with Crippen molar-refractivity contribution in [3.05, 3.63) is 59.8 Å². The van der Waals surface area contributed by atoms with Crippen LogP contribution in [0.25, 0.3) is 0 Å². The summed E-state index contributed by atoms with van der Waals surface area (Å²) in [6.45, 7) is 4.64. The number of amides is 2. The highest BCUT2D eigenvalue weighted by molar-refractivity contribution is 5.86. The quantitative estimate of drug-likeness (QED) is 0.588. The summed E-state index contributed by atoms with van der Waals surface area (Å²) in [7, 11) is 0. The predicted molar refractivity (Wildman–Crippen MR) is 109 cm³/mol. The van der Waals surface area contributed by atoms with Crippen LogP contribution in [-0.2, 0) is 22.6 Å². The Morgan fingerprint density at radius 2 is 1.83 bits per heavy atom. The van der Waals surface area contributed by atoms with Crippen molar-refractivity contribution >= 4 is 17.8 Å². The van der Waals surface area contributed by atoms with E-state index in [9.17, 15) is 14.0 Å². The molecule has 0 unspecified atom stereocenters. The number of nitrogens with one attached hydrogen (secondary N) is 3. The molecule has 8 heteroatoms. The molecule has 0 aliphatic carbocycles. The van der Waals surface area contributed by atoms with Gasteiger partial charge in [-0.3, -0.25) is 15.6 Å². The van der Waals surface area contributed by atoms with Crippen molar-refractivity contribution in [1.82, 2.24) is 15.7 Å². The molecule has 0 aliphatic heterocycles. The third-order valence-electron chi connectivity index (χ3n) is 3.86. The van der Waals surface area contributed by atoms with Gasteiger partial charge in [0, 0.05) is 11.8 Å². The highest BCUT2D eigenvalue weighted by Crippen LogP contribution is 2.10. The summed E-state index contributed by atoms with van der Waals surface area (Å²) in [6, 6.07) is 12.0. The van der Waals surface area contributed by atoms with Gasteiger partial charge in [-0.1, -0.05) is 36.4 Å². The Morgan fingerprint density at radius 3 is 2.41 bits per heavy atom. The first kappa shape index (κ1) is 22.1. The van der Waals surface area contributed by atoms with Crippen molar-refractivity contribution in [2.75, 3.05) is 5.43 Å². The minimum Gasteiger partial charge on any atom is -0.444 e. The maximum Gasteiger partial charge on any atom is 0.408 e. The molecule has 0 spiro atoms. The summed E-state index contributed by atoms with van der Waals surface area (Å²) in [4.78, 5) is 28.8. The minimum atomic E-state index is -0.817. The lowest BCUT2D eigenvalue weighted by atomic mass is 10.0. The fraction of sp³-hybridized carbons (Fsp3) is 0.381. The predicted octanol–water partition coefficient (Wildman–Crippen LogP) is 3.52. The number of hydrazine groups is 1. The van der Waals surface area contributed by atoms with Crippen LogP contribution in [0, 0.1) is 0 Å². The van der Waals surface area contributed by atoms with Crippen LogP contribution in [0.15, 0.2) is 48.7 Å². The van der Waals surface area contributed by atoms with Crippen molar-refractivity contribution < 1.29 is 18.7 Å². The van der Waals surface area contributed by atoms with Gasteiger partial charge < -0.3 is 10.1 Å². The number of alkyl halides is 1. The largest absolute Gasteiger partial charge is 0.444 e. The maximum atomic E-state index is 12.6. The second kappa shape index (κ2) is 10.4. The van der Waals surface area contributed by atoms with E-state index in [1.165, 1.54) is 6.20 Å². The van der Waals surface area contributed by atoms with E-state index >= 15 is 0 Å². The third-order valence-corrected chi connectivity index (χ3v) is 3.86. The number of ether oxygens (including phenoxy) is 1. The number of halogens is 1. The molecule has 3 N–H and O–H groups in total. The Labute approximate surface area is 170 Å². The number of anilines is 1. The fourth-order valence-corrected chi connectivity index (χ4v) is 2.46. The van der Waals surface area contributed by atoms with E-state index in [0.717, 1.165) is 5.56 Å². The SMILES string of the molecule is CC(C)(C)OC(=O)N[C@H](CCc1ccccc1)C(=O)NNc1ccc(CF)cn1. The molecule has 2 amide bonds. The van der Waals surface area contributed by atoms with Gasteiger partial charge >= 0.3 is 6.09 Å². The minimum absolute atomic E-state index is 0.356. The van der Waals surface area contributed by atoms with Crippen molar-refractivity contribution in [3.63, 3.8) is 0 Å². The molecule has 29 heavy (non-hydrogen) atoms. The standard InChI is InChI=1S/C21H27FN4O3/c1-21(2,3)29-20(28)24-17(11-9-15-7-5-4-6-8-15)19(27)26-25-18-12-10-16(13-22)14-23-18/h4-8,10,12,14,17H,9,11,13H2,1-3H3,(H,23,25)(H,24,28)(H,26,27)/t17-/m1/s1. The Hall–Kier alpha value is -3.16. The molecule has 0 saturated carbocycles. The van der Waals surface area contributed by atoms with Crippen LogP contribution in [0.1, 0.15) is 38.3 Å². The molecule has 0 fully saturated rings. The Bertz CT molecular complexity index is 792. The number of rotatable bonds is 8. The van der Waals surface area contributed by atoms with E-state index in [1.807, 2.05) is 30.3 Å². The molecule has 1 atom stereocenters. The molecule has 0 radical (unpaired) electrons. The molecule has 156 valence electrons. The first-order chi connectivity index (χ1) is 13.8. The van der Waals surface area contributed by atoms with Crippen LogP contribution >= 0.6 is 0 Å². The van der Waals surface area contributed by atoms with Crippen molar-refractivity contribution in [2.45, 2.75) is 51.9 Å². The van der Waals surface area contributed by atoms with Gasteiger partial charge in [-0.25, -0.2) is 14.2 Å². The second-order valence-corrected chi connectivity index (χ2v) is 7.52. The molecule has 7 nitrogen and oxygen atoms in total. The monoisotopic (exact) mass is 402 g/mol. The van der Waals surface area contributed by atoms with Crippen LogP contribution in [0.4, 0.5) is 15.0 Å². The number of pyridine rings is 1. The Balaban J connectivity index is 1.99. The number of aromatic nitrogens is 1. The molecule has 1 aromatic carbocycles. The Kier molecular flexibility index (Phi) is 7.94. The number of carbonyl (C=O) groups is 2. The zero-order chi connectivity index (χ0) is 21.3. The first-order valence-electron chi connectivity index (χ1n) is 9.37. The lowest BCUT2D eigenvalue weighted by Crippen LogP contribution is -2.49. The van der Waals surface area contributed by atoms with E-state index in [-0.39, 0.29) is 0 Å². The van der Waals surface area contributed by atoms with Crippen LogP contribution in [0.2, 0.25) is 0 Å². The van der Waals surface area contributed by atoms with Crippen molar-refractivity contribution in [3.8, 4) is 0 Å². The normalized spacial score (nSPS) is 12.0. The smallest absolute Gasteiger partial charge is 0.408 e. The van der Waals surface area contributed by atoms with Crippen LogP contribution < -0.4 is 16.2 Å². The average molecular weight is 402 g/mol. The fourth-order valence-electron chi connectivity index (χ4n) is 2.46. The lowest BCUT2D eigenvalue weighted by molar-refractivity contribution is -0.122.